The minimum atomic E-state index is -0.579. The first-order valence-electron chi connectivity index (χ1n) is 14.3. The standard InChI is InChI=1S/C33H42N2O6/c1-3-5-14-32(38)41-24-29-13-9-19-35(29)33(39)27(10-4-2)21-31(37)34-28(22-36)20-25-15-17-30(18-16-25)40-23-26-11-7-6-8-12-26/h3-4,6-8,11-12,15-18,27-29,36H,1-2,5,9-10,13-14,19-24H2,(H,34,37). The van der Waals surface area contributed by atoms with Gasteiger partial charge in [-0.3, -0.25) is 14.4 Å². The van der Waals surface area contributed by atoms with Crippen LogP contribution in [-0.4, -0.2) is 59.6 Å². The van der Waals surface area contributed by atoms with E-state index in [0.717, 1.165) is 29.7 Å². The molecule has 2 aromatic rings. The molecule has 0 saturated carbocycles. The molecule has 0 spiro atoms. The van der Waals surface area contributed by atoms with Crippen LogP contribution in [0.3, 0.4) is 0 Å². The molecule has 0 aromatic heterocycles. The molecule has 0 radical (unpaired) electrons. The maximum absolute atomic E-state index is 13.4. The Kier molecular flexibility index (Phi) is 13.1. The van der Waals surface area contributed by atoms with Crippen LogP contribution in [0.15, 0.2) is 79.9 Å². The first-order chi connectivity index (χ1) is 19.9. The highest BCUT2D eigenvalue weighted by Crippen LogP contribution is 2.24. The predicted molar refractivity (Wildman–Crippen MR) is 158 cm³/mol. The molecule has 0 bridgehead atoms. The molecular formula is C33H42N2O6. The van der Waals surface area contributed by atoms with E-state index in [9.17, 15) is 19.5 Å². The fourth-order valence-corrected chi connectivity index (χ4v) is 4.91. The molecule has 220 valence electrons. The van der Waals surface area contributed by atoms with E-state index in [1.54, 1.807) is 17.1 Å². The third kappa shape index (κ3) is 10.5. The van der Waals surface area contributed by atoms with E-state index in [-0.39, 0.29) is 49.9 Å². The lowest BCUT2D eigenvalue weighted by atomic mass is 9.98. The van der Waals surface area contributed by atoms with E-state index in [0.29, 0.717) is 32.4 Å². The summed E-state index contributed by atoms with van der Waals surface area (Å²) >= 11 is 0. The first kappa shape index (κ1) is 31.6. The molecule has 1 aliphatic heterocycles. The fraction of sp³-hybridized carbons (Fsp3) is 0.424. The van der Waals surface area contributed by atoms with Crippen molar-refractivity contribution in [2.75, 3.05) is 19.8 Å². The number of carbonyl (C=O) groups is 3. The Morgan fingerprint density at radius 2 is 1.80 bits per heavy atom. The number of esters is 1. The Labute approximate surface area is 243 Å². The maximum Gasteiger partial charge on any atom is 0.306 e. The molecular weight excluding hydrogens is 520 g/mol. The number of likely N-dealkylation sites (tertiary alicyclic amines) is 1. The summed E-state index contributed by atoms with van der Waals surface area (Å²) in [6.45, 7) is 8.32. The normalized spacial score (nSPS) is 15.9. The van der Waals surface area contributed by atoms with Gasteiger partial charge in [0.2, 0.25) is 11.8 Å². The fourth-order valence-electron chi connectivity index (χ4n) is 4.91. The van der Waals surface area contributed by atoms with Gasteiger partial charge in [-0.25, -0.2) is 0 Å². The molecule has 1 heterocycles. The molecule has 8 heteroatoms. The number of aliphatic hydroxyl groups is 1. The van der Waals surface area contributed by atoms with Gasteiger partial charge in [0.05, 0.1) is 24.6 Å². The van der Waals surface area contributed by atoms with Gasteiger partial charge < -0.3 is 24.8 Å². The topological polar surface area (TPSA) is 105 Å². The van der Waals surface area contributed by atoms with Crippen LogP contribution in [0.2, 0.25) is 0 Å². The summed E-state index contributed by atoms with van der Waals surface area (Å²) < 4.78 is 11.2. The van der Waals surface area contributed by atoms with Crippen molar-refractivity contribution < 1.29 is 29.0 Å². The lowest BCUT2D eigenvalue weighted by Crippen LogP contribution is -2.45. The van der Waals surface area contributed by atoms with Gasteiger partial charge in [-0.05, 0) is 55.4 Å². The Morgan fingerprint density at radius 1 is 1.05 bits per heavy atom. The van der Waals surface area contributed by atoms with Crippen LogP contribution >= 0.6 is 0 Å². The van der Waals surface area contributed by atoms with Crippen LogP contribution in [0, 0.1) is 5.92 Å². The van der Waals surface area contributed by atoms with Crippen LogP contribution < -0.4 is 10.1 Å². The highest BCUT2D eigenvalue weighted by atomic mass is 16.5. The summed E-state index contributed by atoms with van der Waals surface area (Å²) in [4.78, 5) is 40.0. The zero-order valence-corrected chi connectivity index (χ0v) is 23.7. The van der Waals surface area contributed by atoms with Gasteiger partial charge in [0.25, 0.3) is 0 Å². The summed E-state index contributed by atoms with van der Waals surface area (Å²) in [7, 11) is 0. The molecule has 1 aliphatic rings. The number of aliphatic hydroxyl groups excluding tert-OH is 1. The lowest BCUT2D eigenvalue weighted by Gasteiger charge is -2.28. The Morgan fingerprint density at radius 3 is 2.49 bits per heavy atom. The predicted octanol–water partition coefficient (Wildman–Crippen LogP) is 4.37. The number of allylic oxidation sites excluding steroid dienone is 2. The molecule has 1 fully saturated rings. The quantitative estimate of drug-likeness (QED) is 0.219. The second kappa shape index (κ2) is 17.0. The van der Waals surface area contributed by atoms with Crippen molar-refractivity contribution in [2.24, 2.45) is 5.92 Å². The number of benzene rings is 2. The molecule has 3 rings (SSSR count). The van der Waals surface area contributed by atoms with Gasteiger partial charge in [-0.1, -0.05) is 54.6 Å². The van der Waals surface area contributed by atoms with Crippen molar-refractivity contribution >= 4 is 17.8 Å². The van der Waals surface area contributed by atoms with Gasteiger partial charge in [0.1, 0.15) is 19.0 Å². The maximum atomic E-state index is 13.4. The van der Waals surface area contributed by atoms with Crippen molar-refractivity contribution in [1.82, 2.24) is 10.2 Å². The van der Waals surface area contributed by atoms with Crippen molar-refractivity contribution in [1.29, 1.82) is 0 Å². The number of ether oxygens (including phenoxy) is 2. The lowest BCUT2D eigenvalue weighted by molar-refractivity contribution is -0.148. The molecule has 3 unspecified atom stereocenters. The zero-order chi connectivity index (χ0) is 29.5. The number of rotatable bonds is 17. The van der Waals surface area contributed by atoms with E-state index < -0.39 is 12.0 Å². The monoisotopic (exact) mass is 562 g/mol. The van der Waals surface area contributed by atoms with Crippen LogP contribution in [0.4, 0.5) is 0 Å². The zero-order valence-electron chi connectivity index (χ0n) is 23.7. The number of carbonyl (C=O) groups excluding carboxylic acids is 3. The molecule has 1 saturated heterocycles. The van der Waals surface area contributed by atoms with Crippen molar-refractivity contribution in [3.8, 4) is 5.75 Å². The smallest absolute Gasteiger partial charge is 0.306 e. The minimum absolute atomic E-state index is 0.0179. The first-order valence-corrected chi connectivity index (χ1v) is 14.3. The molecule has 2 aromatic carbocycles. The van der Waals surface area contributed by atoms with E-state index in [1.807, 2.05) is 54.6 Å². The number of hydrogen-bond acceptors (Lipinski definition) is 6. The van der Waals surface area contributed by atoms with E-state index in [4.69, 9.17) is 9.47 Å². The van der Waals surface area contributed by atoms with Gasteiger partial charge in [-0.15, -0.1) is 13.2 Å². The number of hydrogen-bond donors (Lipinski definition) is 2. The van der Waals surface area contributed by atoms with Gasteiger partial charge in [0, 0.05) is 19.4 Å². The Bertz CT molecular complexity index is 1130. The number of nitrogens with zero attached hydrogens (tertiary/aromatic N) is 1. The van der Waals surface area contributed by atoms with E-state index in [1.165, 1.54) is 0 Å². The van der Waals surface area contributed by atoms with Gasteiger partial charge in [0.15, 0.2) is 0 Å². The molecule has 0 aliphatic carbocycles. The van der Waals surface area contributed by atoms with Crippen molar-refractivity contribution in [2.45, 2.75) is 63.6 Å². The Hall–Kier alpha value is -3.91. The van der Waals surface area contributed by atoms with Gasteiger partial charge >= 0.3 is 5.97 Å². The summed E-state index contributed by atoms with van der Waals surface area (Å²) in [6, 6.07) is 16.8. The van der Waals surface area contributed by atoms with Crippen LogP contribution in [0.25, 0.3) is 0 Å². The van der Waals surface area contributed by atoms with Crippen molar-refractivity contribution in [3.05, 3.63) is 91.0 Å². The summed E-state index contributed by atoms with van der Waals surface area (Å²) in [5.41, 5.74) is 2.02. The summed E-state index contributed by atoms with van der Waals surface area (Å²) in [6.07, 6.45) is 6.45. The Balaban J connectivity index is 1.50. The highest BCUT2D eigenvalue weighted by Gasteiger charge is 2.34. The second-order valence-electron chi connectivity index (χ2n) is 10.3. The molecule has 8 nitrogen and oxygen atoms in total. The SMILES string of the molecule is C=CCCC(=O)OCC1CCCN1C(=O)C(CC=C)CC(=O)NC(CO)Cc1ccc(OCc2ccccc2)cc1. The van der Waals surface area contributed by atoms with E-state index in [2.05, 4.69) is 18.5 Å². The molecule has 2 amide bonds. The summed E-state index contributed by atoms with van der Waals surface area (Å²) in [5.74, 6) is -0.602. The average molecular weight is 563 g/mol. The highest BCUT2D eigenvalue weighted by molar-refractivity contribution is 5.86. The average Bonchev–Trinajstić information content (AvgIpc) is 3.47. The summed E-state index contributed by atoms with van der Waals surface area (Å²) in [5, 5.41) is 12.8. The van der Waals surface area contributed by atoms with Crippen LogP contribution in [0.1, 0.15) is 49.7 Å². The molecule has 3 atom stereocenters. The second-order valence-corrected chi connectivity index (χ2v) is 10.3. The van der Waals surface area contributed by atoms with Crippen LogP contribution in [-0.2, 0) is 32.1 Å². The third-order valence-corrected chi connectivity index (χ3v) is 7.12. The van der Waals surface area contributed by atoms with Crippen molar-refractivity contribution in [3.63, 3.8) is 0 Å². The van der Waals surface area contributed by atoms with Gasteiger partial charge in [-0.2, -0.15) is 0 Å². The minimum Gasteiger partial charge on any atom is -0.489 e. The third-order valence-electron chi connectivity index (χ3n) is 7.12. The molecule has 2 N–H and O–H groups in total. The van der Waals surface area contributed by atoms with E-state index >= 15 is 0 Å². The largest absolute Gasteiger partial charge is 0.489 e. The number of amides is 2. The molecule has 41 heavy (non-hydrogen) atoms. The number of nitrogens with one attached hydrogen (secondary N) is 1. The van der Waals surface area contributed by atoms with Crippen LogP contribution in [0.5, 0.6) is 5.75 Å².